The Bertz CT molecular complexity index is 1060. The standard InChI is InChI=1S/C20H19N5O3S/c1-13-10-18(23-20(22-13)14-2-4-16(5-3-14)25(27)28)21-11-19(26)24-8-6-17-15(12-24)7-9-29-17/h2-5,7,9-10H,6,8,11-12H2,1H3,(H,21,22,23). The van der Waals surface area contributed by atoms with Crippen LogP contribution in [0.3, 0.4) is 0 Å². The van der Waals surface area contributed by atoms with Crippen LogP contribution in [0.1, 0.15) is 16.1 Å². The fourth-order valence-electron chi connectivity index (χ4n) is 3.26. The van der Waals surface area contributed by atoms with E-state index < -0.39 is 4.92 Å². The average Bonchev–Trinajstić information content (AvgIpc) is 3.19. The first kappa shape index (κ1) is 19.0. The molecule has 0 radical (unpaired) electrons. The molecule has 3 aromatic rings. The molecule has 148 valence electrons. The summed E-state index contributed by atoms with van der Waals surface area (Å²) in [7, 11) is 0. The summed E-state index contributed by atoms with van der Waals surface area (Å²) in [6.07, 6.45) is 0.898. The maximum Gasteiger partial charge on any atom is 0.269 e. The molecule has 2 aromatic heterocycles. The van der Waals surface area contributed by atoms with Crippen LogP contribution in [-0.2, 0) is 17.8 Å². The number of anilines is 1. The molecule has 4 rings (SSSR count). The molecule has 0 saturated carbocycles. The first-order valence-electron chi connectivity index (χ1n) is 9.17. The van der Waals surface area contributed by atoms with Crippen molar-refractivity contribution in [3.8, 4) is 11.4 Å². The molecule has 1 aromatic carbocycles. The number of fused-ring (bicyclic) bond motifs is 1. The minimum atomic E-state index is -0.445. The van der Waals surface area contributed by atoms with Gasteiger partial charge in [-0.05, 0) is 42.5 Å². The van der Waals surface area contributed by atoms with Gasteiger partial charge in [0.1, 0.15) is 5.82 Å². The number of aromatic nitrogens is 2. The van der Waals surface area contributed by atoms with Crippen molar-refractivity contribution in [1.82, 2.24) is 14.9 Å². The second kappa shape index (κ2) is 7.96. The lowest BCUT2D eigenvalue weighted by molar-refractivity contribution is -0.384. The number of carbonyl (C=O) groups excluding carboxylic acids is 1. The second-order valence-electron chi connectivity index (χ2n) is 6.81. The average molecular weight is 409 g/mol. The lowest BCUT2D eigenvalue weighted by atomic mass is 10.1. The Morgan fingerprint density at radius 2 is 2.07 bits per heavy atom. The Morgan fingerprint density at radius 1 is 1.28 bits per heavy atom. The molecule has 0 unspecified atom stereocenters. The van der Waals surface area contributed by atoms with Crippen molar-refractivity contribution in [3.63, 3.8) is 0 Å². The van der Waals surface area contributed by atoms with Crippen LogP contribution in [-0.4, -0.2) is 38.8 Å². The molecule has 1 N–H and O–H groups in total. The van der Waals surface area contributed by atoms with Crippen molar-refractivity contribution in [1.29, 1.82) is 0 Å². The zero-order chi connectivity index (χ0) is 20.4. The number of non-ortho nitro benzene ring substituents is 1. The number of nitrogens with zero attached hydrogens (tertiary/aromatic N) is 4. The van der Waals surface area contributed by atoms with Crippen molar-refractivity contribution in [2.45, 2.75) is 19.9 Å². The van der Waals surface area contributed by atoms with Crippen molar-refractivity contribution in [2.75, 3.05) is 18.4 Å². The molecule has 0 fully saturated rings. The number of aryl methyl sites for hydroxylation is 1. The number of amides is 1. The van der Waals surface area contributed by atoms with E-state index in [4.69, 9.17) is 0 Å². The van der Waals surface area contributed by atoms with E-state index in [0.717, 1.165) is 18.7 Å². The quantitative estimate of drug-likeness (QED) is 0.512. The normalized spacial score (nSPS) is 13.1. The van der Waals surface area contributed by atoms with Crippen LogP contribution in [0.25, 0.3) is 11.4 Å². The fourth-order valence-corrected chi connectivity index (χ4v) is 4.15. The Kier molecular flexibility index (Phi) is 5.22. The topological polar surface area (TPSA) is 101 Å². The predicted molar refractivity (Wildman–Crippen MR) is 111 cm³/mol. The summed E-state index contributed by atoms with van der Waals surface area (Å²) in [6, 6.07) is 9.94. The molecule has 9 heteroatoms. The maximum absolute atomic E-state index is 12.6. The van der Waals surface area contributed by atoms with Gasteiger partial charge in [-0.3, -0.25) is 14.9 Å². The summed E-state index contributed by atoms with van der Waals surface area (Å²) >= 11 is 1.74. The highest BCUT2D eigenvalue weighted by Gasteiger charge is 2.21. The van der Waals surface area contributed by atoms with Crippen molar-refractivity contribution >= 4 is 28.7 Å². The van der Waals surface area contributed by atoms with Crippen LogP contribution < -0.4 is 5.32 Å². The van der Waals surface area contributed by atoms with Gasteiger partial charge in [0.05, 0.1) is 11.5 Å². The van der Waals surface area contributed by atoms with E-state index in [0.29, 0.717) is 23.8 Å². The van der Waals surface area contributed by atoms with Gasteiger partial charge in [-0.25, -0.2) is 9.97 Å². The number of nitro groups is 1. The second-order valence-corrected chi connectivity index (χ2v) is 7.81. The Hall–Kier alpha value is -3.33. The smallest absolute Gasteiger partial charge is 0.269 e. The molecular formula is C20H19N5O3S. The summed E-state index contributed by atoms with van der Waals surface area (Å²) in [5.41, 5.74) is 2.66. The van der Waals surface area contributed by atoms with Gasteiger partial charge >= 0.3 is 0 Å². The van der Waals surface area contributed by atoms with E-state index in [1.807, 2.05) is 11.8 Å². The fraction of sp³-hybridized carbons (Fsp3) is 0.250. The largest absolute Gasteiger partial charge is 0.361 e. The van der Waals surface area contributed by atoms with E-state index in [1.165, 1.54) is 22.6 Å². The highest BCUT2D eigenvalue weighted by molar-refractivity contribution is 7.10. The van der Waals surface area contributed by atoms with E-state index in [2.05, 4.69) is 26.7 Å². The third-order valence-corrected chi connectivity index (χ3v) is 5.79. The van der Waals surface area contributed by atoms with Crippen LogP contribution in [0.15, 0.2) is 41.8 Å². The zero-order valence-corrected chi connectivity index (χ0v) is 16.6. The first-order chi connectivity index (χ1) is 14.0. The SMILES string of the molecule is Cc1cc(NCC(=O)N2CCc3sccc3C2)nc(-c2ccc([N+](=O)[O-])cc2)n1. The van der Waals surface area contributed by atoms with Crippen molar-refractivity contribution in [2.24, 2.45) is 0 Å². The Balaban J connectivity index is 1.44. The highest BCUT2D eigenvalue weighted by Crippen LogP contribution is 2.24. The Morgan fingerprint density at radius 3 is 2.83 bits per heavy atom. The number of benzene rings is 1. The van der Waals surface area contributed by atoms with Gasteiger partial charge in [-0.1, -0.05) is 0 Å². The van der Waals surface area contributed by atoms with Crippen LogP contribution in [0.2, 0.25) is 0 Å². The lowest BCUT2D eigenvalue weighted by Gasteiger charge is -2.27. The van der Waals surface area contributed by atoms with Gasteiger partial charge in [0, 0.05) is 47.4 Å². The molecule has 0 saturated heterocycles. The van der Waals surface area contributed by atoms with Gasteiger partial charge in [-0.15, -0.1) is 11.3 Å². The summed E-state index contributed by atoms with van der Waals surface area (Å²) < 4.78 is 0. The number of thiophene rings is 1. The molecule has 0 aliphatic carbocycles. The van der Waals surface area contributed by atoms with E-state index >= 15 is 0 Å². The minimum absolute atomic E-state index is 0.0145. The zero-order valence-electron chi connectivity index (χ0n) is 15.8. The van der Waals surface area contributed by atoms with E-state index in [-0.39, 0.29) is 18.1 Å². The van der Waals surface area contributed by atoms with Crippen molar-refractivity contribution in [3.05, 3.63) is 68.0 Å². The maximum atomic E-state index is 12.6. The van der Waals surface area contributed by atoms with E-state index in [1.54, 1.807) is 29.5 Å². The summed E-state index contributed by atoms with van der Waals surface area (Å²) in [5, 5.41) is 16.0. The van der Waals surface area contributed by atoms with Gasteiger partial charge in [0.2, 0.25) is 5.91 Å². The van der Waals surface area contributed by atoms with Crippen LogP contribution in [0.4, 0.5) is 11.5 Å². The number of nitrogens with one attached hydrogen (secondary N) is 1. The molecule has 29 heavy (non-hydrogen) atoms. The molecular weight excluding hydrogens is 390 g/mol. The van der Waals surface area contributed by atoms with Crippen molar-refractivity contribution < 1.29 is 9.72 Å². The molecule has 8 nitrogen and oxygen atoms in total. The number of rotatable bonds is 5. The molecule has 1 aliphatic heterocycles. The Labute approximate surface area is 171 Å². The van der Waals surface area contributed by atoms with Gasteiger partial charge < -0.3 is 10.2 Å². The van der Waals surface area contributed by atoms with Gasteiger partial charge in [0.15, 0.2) is 5.82 Å². The highest BCUT2D eigenvalue weighted by atomic mass is 32.1. The van der Waals surface area contributed by atoms with Gasteiger partial charge in [0.25, 0.3) is 5.69 Å². The third kappa shape index (κ3) is 4.24. The molecule has 1 aliphatic rings. The monoisotopic (exact) mass is 409 g/mol. The molecule has 1 amide bonds. The van der Waals surface area contributed by atoms with Gasteiger partial charge in [-0.2, -0.15) is 0 Å². The van der Waals surface area contributed by atoms with Crippen LogP contribution in [0, 0.1) is 17.0 Å². The summed E-state index contributed by atoms with van der Waals surface area (Å²) in [5.74, 6) is 1.03. The van der Waals surface area contributed by atoms with Crippen LogP contribution >= 0.6 is 11.3 Å². The first-order valence-corrected chi connectivity index (χ1v) is 10.0. The molecule has 0 atom stereocenters. The number of nitro benzene ring substituents is 1. The number of carbonyl (C=O) groups is 1. The minimum Gasteiger partial charge on any atom is -0.361 e. The summed E-state index contributed by atoms with van der Waals surface area (Å²) in [4.78, 5) is 35.1. The molecule has 0 bridgehead atoms. The molecule has 3 heterocycles. The third-order valence-electron chi connectivity index (χ3n) is 4.77. The number of hydrogen-bond acceptors (Lipinski definition) is 7. The summed E-state index contributed by atoms with van der Waals surface area (Å²) in [6.45, 7) is 3.36. The lowest BCUT2D eigenvalue weighted by Crippen LogP contribution is -2.38. The van der Waals surface area contributed by atoms with Crippen LogP contribution in [0.5, 0.6) is 0 Å². The van der Waals surface area contributed by atoms with E-state index in [9.17, 15) is 14.9 Å². The predicted octanol–water partition coefficient (Wildman–Crippen LogP) is 3.42. The number of hydrogen-bond donors (Lipinski definition) is 1. The molecule has 0 spiro atoms.